The van der Waals surface area contributed by atoms with Crippen LogP contribution in [0.4, 0.5) is 0 Å². The molecule has 0 radical (unpaired) electrons. The lowest BCUT2D eigenvalue weighted by atomic mass is 9.83. The first kappa shape index (κ1) is 29.8. The lowest BCUT2D eigenvalue weighted by Gasteiger charge is -2.32. The zero-order chi connectivity index (χ0) is 27.7. The number of hydrogen-bond acceptors (Lipinski definition) is 6. The Labute approximate surface area is 230 Å². The number of rotatable bonds is 13. The van der Waals surface area contributed by atoms with Crippen LogP contribution in [0.3, 0.4) is 0 Å². The van der Waals surface area contributed by atoms with E-state index < -0.39 is 6.04 Å². The number of likely N-dealkylation sites (N-methyl/N-ethyl adjacent to an activating group) is 1. The number of amides is 3. The minimum Gasteiger partial charge on any atom is -0.350 e. The summed E-state index contributed by atoms with van der Waals surface area (Å²) in [6, 6.07) is 5.27. The molecule has 1 fully saturated rings. The fourth-order valence-corrected chi connectivity index (χ4v) is 6.02. The summed E-state index contributed by atoms with van der Waals surface area (Å²) in [6.07, 6.45) is 6.98. The smallest absolute Gasteiger partial charge is 0.247 e. The number of carbonyl (C=O) groups is 3. The van der Waals surface area contributed by atoms with E-state index in [1.54, 1.807) is 18.3 Å². The first-order chi connectivity index (χ1) is 18.2. The third-order valence-corrected chi connectivity index (χ3v) is 8.15. The van der Waals surface area contributed by atoms with Crippen molar-refractivity contribution in [3.63, 3.8) is 0 Å². The molecule has 1 saturated carbocycles. The molecule has 3 amide bonds. The molecular weight excluding hydrogens is 498 g/mol. The highest BCUT2D eigenvalue weighted by Gasteiger charge is 2.30. The second-order valence-electron chi connectivity index (χ2n) is 10.5. The van der Waals surface area contributed by atoms with Crippen LogP contribution in [-0.4, -0.2) is 66.9 Å². The highest BCUT2D eigenvalue weighted by atomic mass is 32.1. The molecule has 0 unspecified atom stereocenters. The first-order valence-electron chi connectivity index (χ1n) is 13.8. The molecule has 1 aliphatic rings. The predicted octanol–water partition coefficient (Wildman–Crippen LogP) is 3.60. The fourth-order valence-electron chi connectivity index (χ4n) is 4.94. The molecule has 1 aromatic carbocycles. The van der Waals surface area contributed by atoms with Gasteiger partial charge in [-0.15, -0.1) is 11.3 Å². The lowest BCUT2D eigenvalue weighted by molar-refractivity contribution is -0.129. The molecule has 9 heteroatoms. The van der Waals surface area contributed by atoms with Crippen molar-refractivity contribution >= 4 is 39.3 Å². The third kappa shape index (κ3) is 8.63. The minimum absolute atomic E-state index is 0.179. The largest absolute Gasteiger partial charge is 0.350 e. The monoisotopic (exact) mass is 541 g/mol. The SMILES string of the molecule is C=C(CN(C)C)C(=O)NC[C@@H](NC(=O)[C@H](Cc1nc2ccc(CC)cc2s1)NC(=O)CC)C1CCCCC1. The van der Waals surface area contributed by atoms with Crippen molar-refractivity contribution in [2.75, 3.05) is 27.2 Å². The number of nitrogens with one attached hydrogen (secondary N) is 3. The number of benzene rings is 1. The van der Waals surface area contributed by atoms with Gasteiger partial charge in [0.1, 0.15) is 6.04 Å². The second kappa shape index (κ2) is 14.4. The van der Waals surface area contributed by atoms with E-state index in [4.69, 9.17) is 4.98 Å². The normalized spacial score (nSPS) is 15.7. The van der Waals surface area contributed by atoms with E-state index in [9.17, 15) is 14.4 Å². The standard InChI is InChI=1S/C29H43N5O3S/c1-6-20-13-14-22-25(15-20)38-27(32-22)16-23(31-26(35)7-2)29(37)33-24(21-11-9-8-10-12-21)17-30-28(36)19(3)18-34(4)5/h13-15,21,23-24H,3,6-12,16-18H2,1-2,4-5H3,(H,30,36)(H,31,35)(H,33,37)/t23-,24+/m0/s1. The molecule has 208 valence electrons. The topological polar surface area (TPSA) is 103 Å². The number of fused-ring (bicyclic) bond motifs is 1. The van der Waals surface area contributed by atoms with Gasteiger partial charge in [-0.25, -0.2) is 4.98 Å². The van der Waals surface area contributed by atoms with Gasteiger partial charge in [0.2, 0.25) is 17.7 Å². The van der Waals surface area contributed by atoms with Gasteiger partial charge in [-0.1, -0.05) is 45.8 Å². The highest BCUT2D eigenvalue weighted by Crippen LogP contribution is 2.27. The maximum Gasteiger partial charge on any atom is 0.247 e. The van der Waals surface area contributed by atoms with Gasteiger partial charge in [-0.2, -0.15) is 0 Å². The molecule has 1 aromatic heterocycles. The molecular formula is C29H43N5O3S. The van der Waals surface area contributed by atoms with Crippen LogP contribution in [0.5, 0.6) is 0 Å². The molecule has 3 rings (SSSR count). The number of nitrogens with zero attached hydrogens (tertiary/aromatic N) is 2. The molecule has 2 aromatic rings. The number of aryl methyl sites for hydroxylation is 1. The van der Waals surface area contributed by atoms with Crippen molar-refractivity contribution in [1.82, 2.24) is 25.8 Å². The molecule has 8 nitrogen and oxygen atoms in total. The summed E-state index contributed by atoms with van der Waals surface area (Å²) in [5.41, 5.74) is 2.63. The molecule has 0 saturated heterocycles. The van der Waals surface area contributed by atoms with Gasteiger partial charge < -0.3 is 20.9 Å². The summed E-state index contributed by atoms with van der Waals surface area (Å²) in [5, 5.41) is 9.89. The molecule has 0 aliphatic heterocycles. The fraction of sp³-hybridized carbons (Fsp3) is 0.586. The van der Waals surface area contributed by atoms with E-state index in [0.29, 0.717) is 31.5 Å². The van der Waals surface area contributed by atoms with Crippen molar-refractivity contribution in [2.45, 2.75) is 77.3 Å². The molecule has 38 heavy (non-hydrogen) atoms. The van der Waals surface area contributed by atoms with Crippen molar-refractivity contribution in [3.05, 3.63) is 40.9 Å². The summed E-state index contributed by atoms with van der Waals surface area (Å²) in [4.78, 5) is 45.2. The maximum atomic E-state index is 13.6. The van der Waals surface area contributed by atoms with Crippen LogP contribution in [0.25, 0.3) is 10.2 Å². The van der Waals surface area contributed by atoms with Gasteiger partial charge in [0.05, 0.1) is 15.2 Å². The molecule has 1 heterocycles. The molecule has 0 bridgehead atoms. The van der Waals surface area contributed by atoms with E-state index in [1.165, 1.54) is 12.0 Å². The lowest BCUT2D eigenvalue weighted by Crippen LogP contribution is -2.55. The van der Waals surface area contributed by atoms with Crippen molar-refractivity contribution in [2.24, 2.45) is 5.92 Å². The first-order valence-corrected chi connectivity index (χ1v) is 14.6. The van der Waals surface area contributed by atoms with Gasteiger partial charge in [0.25, 0.3) is 0 Å². The second-order valence-corrected chi connectivity index (χ2v) is 11.6. The van der Waals surface area contributed by atoms with Crippen LogP contribution in [-0.2, 0) is 27.2 Å². The summed E-state index contributed by atoms with van der Waals surface area (Å²) in [7, 11) is 3.78. The van der Waals surface area contributed by atoms with Gasteiger partial charge >= 0.3 is 0 Å². The summed E-state index contributed by atoms with van der Waals surface area (Å²) >= 11 is 1.56. The van der Waals surface area contributed by atoms with Crippen molar-refractivity contribution in [3.8, 4) is 0 Å². The number of hydrogen-bond donors (Lipinski definition) is 3. The number of thiazole rings is 1. The summed E-state index contributed by atoms with van der Waals surface area (Å²) < 4.78 is 1.08. The van der Waals surface area contributed by atoms with Gasteiger partial charge in [0.15, 0.2) is 0 Å². The average Bonchev–Trinajstić information content (AvgIpc) is 3.31. The Balaban J connectivity index is 1.75. The molecule has 0 spiro atoms. The van der Waals surface area contributed by atoms with E-state index in [-0.39, 0.29) is 29.7 Å². The van der Waals surface area contributed by atoms with E-state index in [1.807, 2.05) is 25.1 Å². The Morgan fingerprint density at radius 1 is 1.13 bits per heavy atom. The Bertz CT molecular complexity index is 1120. The van der Waals surface area contributed by atoms with Crippen LogP contribution >= 0.6 is 11.3 Å². The van der Waals surface area contributed by atoms with Gasteiger partial charge in [0, 0.05) is 37.5 Å². The molecule has 3 N–H and O–H groups in total. The summed E-state index contributed by atoms with van der Waals surface area (Å²) in [6.45, 7) is 8.59. The van der Waals surface area contributed by atoms with Gasteiger partial charge in [-0.05, 0) is 57.0 Å². The van der Waals surface area contributed by atoms with Crippen molar-refractivity contribution < 1.29 is 14.4 Å². The van der Waals surface area contributed by atoms with E-state index in [2.05, 4.69) is 41.6 Å². The van der Waals surface area contributed by atoms with Crippen LogP contribution < -0.4 is 16.0 Å². The van der Waals surface area contributed by atoms with E-state index in [0.717, 1.165) is 47.3 Å². The average molecular weight is 542 g/mol. The van der Waals surface area contributed by atoms with Crippen LogP contribution in [0.15, 0.2) is 30.4 Å². The zero-order valence-corrected chi connectivity index (χ0v) is 24.1. The summed E-state index contributed by atoms with van der Waals surface area (Å²) in [5.74, 6) is -0.350. The molecule has 1 aliphatic carbocycles. The Morgan fingerprint density at radius 3 is 2.53 bits per heavy atom. The van der Waals surface area contributed by atoms with E-state index >= 15 is 0 Å². The number of carbonyl (C=O) groups excluding carboxylic acids is 3. The third-order valence-electron chi connectivity index (χ3n) is 7.11. The molecule has 2 atom stereocenters. The van der Waals surface area contributed by atoms with Crippen LogP contribution in [0.1, 0.15) is 62.9 Å². The van der Waals surface area contributed by atoms with Crippen molar-refractivity contribution in [1.29, 1.82) is 0 Å². The Hall–Kier alpha value is -2.78. The number of aromatic nitrogens is 1. The zero-order valence-electron chi connectivity index (χ0n) is 23.3. The minimum atomic E-state index is -0.737. The van der Waals surface area contributed by atoms with Gasteiger partial charge in [-0.3, -0.25) is 14.4 Å². The highest BCUT2D eigenvalue weighted by molar-refractivity contribution is 7.18. The maximum absolute atomic E-state index is 13.6. The Kier molecular flexibility index (Phi) is 11.3. The quantitative estimate of drug-likeness (QED) is 0.336. The van der Waals surface area contributed by atoms with Crippen LogP contribution in [0.2, 0.25) is 0 Å². The Morgan fingerprint density at radius 2 is 1.87 bits per heavy atom. The predicted molar refractivity (Wildman–Crippen MR) is 154 cm³/mol. The van der Waals surface area contributed by atoms with Crippen LogP contribution in [0, 0.1) is 5.92 Å².